The summed E-state index contributed by atoms with van der Waals surface area (Å²) in [5, 5.41) is 5.02. The van der Waals surface area contributed by atoms with E-state index in [9.17, 15) is 0 Å². The molecule has 2 aromatic rings. The quantitative estimate of drug-likeness (QED) is 0.659. The van der Waals surface area contributed by atoms with E-state index in [1.165, 1.54) is 24.0 Å². The lowest BCUT2D eigenvalue weighted by atomic mass is 9.99. The fourth-order valence-electron chi connectivity index (χ4n) is 3.15. The minimum absolute atomic E-state index is 0.127. The van der Waals surface area contributed by atoms with Crippen LogP contribution in [0.2, 0.25) is 5.02 Å². The molecule has 112 valence electrons. The Morgan fingerprint density at radius 1 is 1.38 bits per heavy atom. The van der Waals surface area contributed by atoms with Gasteiger partial charge in [-0.25, -0.2) is 5.43 Å². The number of hydrogen-bond donors (Lipinski definition) is 2. The second-order valence-electron chi connectivity index (χ2n) is 5.58. The summed E-state index contributed by atoms with van der Waals surface area (Å²) in [4.78, 5) is 0. The second-order valence-corrected chi connectivity index (χ2v) is 5.99. The molecule has 3 rings (SSSR count). The van der Waals surface area contributed by atoms with Crippen LogP contribution in [0.4, 0.5) is 0 Å². The molecule has 3 N–H and O–H groups in total. The van der Waals surface area contributed by atoms with Crippen molar-refractivity contribution in [1.82, 2.24) is 15.2 Å². The molecule has 21 heavy (non-hydrogen) atoms. The van der Waals surface area contributed by atoms with Crippen molar-refractivity contribution in [3.05, 3.63) is 51.8 Å². The molecular formula is C16H21ClN4. The van der Waals surface area contributed by atoms with Gasteiger partial charge in [-0.2, -0.15) is 5.10 Å². The number of hydrazine groups is 1. The van der Waals surface area contributed by atoms with E-state index in [0.29, 0.717) is 5.02 Å². The van der Waals surface area contributed by atoms with Crippen LogP contribution in [0.3, 0.4) is 0 Å². The van der Waals surface area contributed by atoms with Crippen molar-refractivity contribution in [2.45, 2.75) is 45.2 Å². The van der Waals surface area contributed by atoms with Crippen LogP contribution in [0.5, 0.6) is 0 Å². The molecule has 0 saturated carbocycles. The van der Waals surface area contributed by atoms with Crippen LogP contribution in [0, 0.1) is 0 Å². The van der Waals surface area contributed by atoms with Crippen LogP contribution in [-0.2, 0) is 19.4 Å². The monoisotopic (exact) mass is 304 g/mol. The summed E-state index contributed by atoms with van der Waals surface area (Å²) in [5.74, 6) is 5.83. The number of aromatic nitrogens is 2. The van der Waals surface area contributed by atoms with Crippen LogP contribution in [0.1, 0.15) is 48.2 Å². The number of benzene rings is 1. The first-order valence-corrected chi connectivity index (χ1v) is 7.91. The number of rotatable bonds is 5. The fraction of sp³-hybridized carbons (Fsp3) is 0.438. The lowest BCUT2D eigenvalue weighted by Crippen LogP contribution is -2.31. The van der Waals surface area contributed by atoms with Gasteiger partial charge in [0.2, 0.25) is 0 Å². The van der Waals surface area contributed by atoms with E-state index >= 15 is 0 Å². The van der Waals surface area contributed by atoms with Crippen molar-refractivity contribution in [2.24, 2.45) is 5.84 Å². The number of halogens is 1. The summed E-state index contributed by atoms with van der Waals surface area (Å²) in [6.07, 6.45) is 6.29. The van der Waals surface area contributed by atoms with Gasteiger partial charge in [0, 0.05) is 6.54 Å². The molecule has 1 atom stereocenters. The molecule has 1 unspecified atom stereocenters. The lowest BCUT2D eigenvalue weighted by molar-refractivity contribution is 0.521. The predicted octanol–water partition coefficient (Wildman–Crippen LogP) is 2.99. The van der Waals surface area contributed by atoms with Gasteiger partial charge in [-0.15, -0.1) is 0 Å². The first-order valence-electron chi connectivity index (χ1n) is 7.53. The maximum absolute atomic E-state index is 6.34. The van der Waals surface area contributed by atoms with E-state index in [1.807, 2.05) is 4.68 Å². The van der Waals surface area contributed by atoms with Crippen molar-refractivity contribution in [1.29, 1.82) is 0 Å². The van der Waals surface area contributed by atoms with Gasteiger partial charge in [-0.3, -0.25) is 10.5 Å². The number of nitrogens with two attached hydrogens (primary N) is 1. The van der Waals surface area contributed by atoms with Gasteiger partial charge in [-0.1, -0.05) is 36.7 Å². The number of hydrogen-bond acceptors (Lipinski definition) is 3. The Bertz CT molecular complexity index is 635. The van der Waals surface area contributed by atoms with E-state index in [0.717, 1.165) is 30.6 Å². The van der Waals surface area contributed by atoms with E-state index < -0.39 is 0 Å². The van der Waals surface area contributed by atoms with Crippen LogP contribution >= 0.6 is 11.6 Å². The van der Waals surface area contributed by atoms with Gasteiger partial charge < -0.3 is 0 Å². The summed E-state index contributed by atoms with van der Waals surface area (Å²) in [7, 11) is 0. The van der Waals surface area contributed by atoms with E-state index in [1.54, 1.807) is 6.20 Å². The Kier molecular flexibility index (Phi) is 4.29. The molecule has 1 aromatic heterocycles. The highest BCUT2D eigenvalue weighted by Crippen LogP contribution is 2.31. The first kappa shape index (κ1) is 14.6. The molecule has 0 spiro atoms. The Labute approximate surface area is 130 Å². The normalized spacial score (nSPS) is 15.2. The van der Waals surface area contributed by atoms with Crippen LogP contribution in [0.15, 0.2) is 24.4 Å². The molecule has 1 heterocycles. The number of fused-ring (bicyclic) bond motifs is 1. The average molecular weight is 305 g/mol. The zero-order valence-corrected chi connectivity index (χ0v) is 13.0. The van der Waals surface area contributed by atoms with Crippen LogP contribution in [0.25, 0.3) is 0 Å². The average Bonchev–Trinajstić information content (AvgIpc) is 3.09. The summed E-state index contributed by atoms with van der Waals surface area (Å²) in [6.45, 7) is 2.96. The van der Waals surface area contributed by atoms with Gasteiger partial charge in [0.25, 0.3) is 0 Å². The molecule has 0 aliphatic heterocycles. The van der Waals surface area contributed by atoms with E-state index in [2.05, 4.69) is 35.6 Å². The highest BCUT2D eigenvalue weighted by molar-refractivity contribution is 6.31. The largest absolute Gasteiger partial charge is 0.271 e. The summed E-state index contributed by atoms with van der Waals surface area (Å²) >= 11 is 6.34. The van der Waals surface area contributed by atoms with Crippen molar-refractivity contribution in [3.8, 4) is 0 Å². The van der Waals surface area contributed by atoms with Gasteiger partial charge in [0.05, 0.1) is 23.0 Å². The van der Waals surface area contributed by atoms with Crippen molar-refractivity contribution in [2.75, 3.05) is 0 Å². The zero-order valence-electron chi connectivity index (χ0n) is 12.3. The number of nitrogens with one attached hydrogen (secondary N) is 1. The smallest absolute Gasteiger partial charge is 0.0893 e. The highest BCUT2D eigenvalue weighted by Gasteiger charge is 2.22. The summed E-state index contributed by atoms with van der Waals surface area (Å²) < 4.78 is 1.94. The van der Waals surface area contributed by atoms with Crippen LogP contribution < -0.4 is 11.3 Å². The zero-order chi connectivity index (χ0) is 14.8. The van der Waals surface area contributed by atoms with Crippen molar-refractivity contribution < 1.29 is 0 Å². The van der Waals surface area contributed by atoms with Gasteiger partial charge in [-0.05, 0) is 42.4 Å². The predicted molar refractivity (Wildman–Crippen MR) is 85.2 cm³/mol. The molecule has 5 heteroatoms. The molecule has 0 amide bonds. The van der Waals surface area contributed by atoms with Crippen LogP contribution in [-0.4, -0.2) is 9.78 Å². The van der Waals surface area contributed by atoms with E-state index in [4.69, 9.17) is 17.4 Å². The minimum Gasteiger partial charge on any atom is -0.271 e. The Balaban J connectivity index is 2.00. The Morgan fingerprint density at radius 2 is 2.19 bits per heavy atom. The summed E-state index contributed by atoms with van der Waals surface area (Å²) in [5.41, 5.74) is 7.90. The molecule has 4 nitrogen and oxygen atoms in total. The van der Waals surface area contributed by atoms with E-state index in [-0.39, 0.29) is 6.04 Å². The van der Waals surface area contributed by atoms with Crippen molar-refractivity contribution in [3.63, 3.8) is 0 Å². The second kappa shape index (κ2) is 6.18. The molecule has 1 aromatic carbocycles. The van der Waals surface area contributed by atoms with Crippen molar-refractivity contribution >= 4 is 11.6 Å². The molecule has 0 saturated heterocycles. The number of nitrogens with zero attached hydrogens (tertiary/aromatic N) is 2. The molecule has 1 aliphatic carbocycles. The maximum atomic E-state index is 6.34. The Hall–Kier alpha value is -1.36. The first-order chi connectivity index (χ1) is 10.2. The fourth-order valence-corrected chi connectivity index (χ4v) is 3.40. The van der Waals surface area contributed by atoms with Gasteiger partial charge >= 0.3 is 0 Å². The molecule has 0 radical (unpaired) electrons. The molecule has 1 aliphatic rings. The lowest BCUT2D eigenvalue weighted by Gasteiger charge is -2.19. The molecule has 0 fully saturated rings. The summed E-state index contributed by atoms with van der Waals surface area (Å²) in [6, 6.07) is 6.49. The third-order valence-electron chi connectivity index (χ3n) is 4.16. The van der Waals surface area contributed by atoms with Gasteiger partial charge in [0.1, 0.15) is 0 Å². The molecule has 0 bridgehead atoms. The maximum Gasteiger partial charge on any atom is 0.0893 e. The Morgan fingerprint density at radius 3 is 2.95 bits per heavy atom. The number of aryl methyl sites for hydroxylation is 3. The van der Waals surface area contributed by atoms with Gasteiger partial charge in [0.15, 0.2) is 0 Å². The highest BCUT2D eigenvalue weighted by atomic mass is 35.5. The molecular weight excluding hydrogens is 284 g/mol. The minimum atomic E-state index is -0.127. The third kappa shape index (κ3) is 2.71. The third-order valence-corrected chi connectivity index (χ3v) is 4.46. The topological polar surface area (TPSA) is 55.9 Å². The SMILES string of the molecule is CCCn1ncc(Cl)c1C(NN)c1ccc2c(c1)CCC2. The standard InChI is InChI=1S/C16H21ClN4/c1-2-8-21-16(14(17)10-19-21)15(20-18)13-7-6-11-4-3-5-12(11)9-13/h6-7,9-10,15,20H,2-5,8,18H2,1H3.